The van der Waals surface area contributed by atoms with Gasteiger partial charge in [0, 0.05) is 46.2 Å². The number of hydrogen-bond donors (Lipinski definition) is 1. The van der Waals surface area contributed by atoms with E-state index >= 15 is 0 Å². The molecule has 0 atom stereocenters. The molecular weight excluding hydrogens is 526 g/mol. The number of aromatic nitrogens is 2. The van der Waals surface area contributed by atoms with E-state index in [1.807, 2.05) is 13.8 Å². The Labute approximate surface area is 196 Å². The maximum Gasteiger partial charge on any atom is 0.130 e. The summed E-state index contributed by atoms with van der Waals surface area (Å²) >= 11 is 13.5. The number of pyridine rings is 2. The van der Waals surface area contributed by atoms with Crippen LogP contribution in [0.3, 0.4) is 0 Å². The highest BCUT2D eigenvalue weighted by molar-refractivity contribution is 14.1. The highest BCUT2D eigenvalue weighted by atomic mass is 127. The number of morpholine rings is 2. The van der Waals surface area contributed by atoms with Crippen LogP contribution in [0.25, 0.3) is 0 Å². The van der Waals surface area contributed by atoms with Gasteiger partial charge < -0.3 is 19.7 Å². The summed E-state index contributed by atoms with van der Waals surface area (Å²) in [5, 5.41) is 4.24. The van der Waals surface area contributed by atoms with Crippen LogP contribution >= 0.6 is 45.8 Å². The minimum absolute atomic E-state index is 0.444. The zero-order chi connectivity index (χ0) is 21.1. The lowest BCUT2D eigenvalue weighted by atomic mass is 10.3. The monoisotopic (exact) mass is 552 g/mol. The Morgan fingerprint density at radius 2 is 1.52 bits per heavy atom. The summed E-state index contributed by atoms with van der Waals surface area (Å²) in [6.07, 6.45) is 0. The predicted molar refractivity (Wildman–Crippen MR) is 127 cm³/mol. The van der Waals surface area contributed by atoms with Gasteiger partial charge in [0.25, 0.3) is 0 Å². The maximum atomic E-state index is 5.63. The van der Waals surface area contributed by atoms with E-state index in [1.54, 1.807) is 12.1 Å². The maximum absolute atomic E-state index is 5.63. The fourth-order valence-electron chi connectivity index (χ4n) is 2.67. The number of aryl methyl sites for hydroxylation is 2. The quantitative estimate of drug-likeness (QED) is 0.424. The fraction of sp³-hybridized carbons (Fsp3) is 0.500. The van der Waals surface area contributed by atoms with Gasteiger partial charge in [-0.3, -0.25) is 0 Å². The molecule has 0 amide bonds. The van der Waals surface area contributed by atoms with Crippen LogP contribution in [-0.4, -0.2) is 62.6 Å². The smallest absolute Gasteiger partial charge is 0.130 e. The minimum atomic E-state index is 0.444. The third-order valence-electron chi connectivity index (χ3n) is 3.97. The molecule has 0 unspecified atom stereocenters. The first-order chi connectivity index (χ1) is 13.9. The highest BCUT2D eigenvalue weighted by Crippen LogP contribution is 2.17. The Morgan fingerprint density at radius 1 is 0.897 bits per heavy atom. The summed E-state index contributed by atoms with van der Waals surface area (Å²) in [4.78, 5) is 10.7. The molecule has 0 bridgehead atoms. The predicted octanol–water partition coefficient (Wildman–Crippen LogP) is 4.13. The van der Waals surface area contributed by atoms with Crippen LogP contribution in [0.15, 0.2) is 24.3 Å². The number of halogens is 3. The summed E-state index contributed by atoms with van der Waals surface area (Å²) in [5.74, 6) is 1.08. The average molecular weight is 553 g/mol. The molecule has 4 rings (SSSR count). The molecule has 2 fully saturated rings. The van der Waals surface area contributed by atoms with E-state index in [4.69, 9.17) is 32.7 Å². The van der Waals surface area contributed by atoms with Crippen molar-refractivity contribution in [2.75, 3.05) is 57.5 Å². The average Bonchev–Trinajstić information content (AvgIpc) is 2.69. The van der Waals surface area contributed by atoms with E-state index in [2.05, 4.69) is 54.9 Å². The van der Waals surface area contributed by atoms with Crippen molar-refractivity contribution in [3.63, 3.8) is 0 Å². The molecule has 4 heterocycles. The van der Waals surface area contributed by atoms with Gasteiger partial charge in [0.1, 0.15) is 11.0 Å². The normalized spacial score (nSPS) is 16.2. The van der Waals surface area contributed by atoms with Gasteiger partial charge >= 0.3 is 0 Å². The van der Waals surface area contributed by atoms with Crippen LogP contribution in [0, 0.1) is 17.4 Å². The van der Waals surface area contributed by atoms with Gasteiger partial charge in [0.15, 0.2) is 0 Å². The van der Waals surface area contributed by atoms with Crippen LogP contribution < -0.4 is 10.2 Å². The highest BCUT2D eigenvalue weighted by Gasteiger charge is 2.12. The topological polar surface area (TPSA) is 59.5 Å². The number of rotatable bonds is 1. The molecule has 2 aliphatic heterocycles. The van der Waals surface area contributed by atoms with Crippen LogP contribution in [0.2, 0.25) is 10.2 Å². The molecule has 2 aliphatic rings. The number of nitrogens with one attached hydrogen (secondary N) is 1. The molecular formula is C20H27Cl2IN4O2. The van der Waals surface area contributed by atoms with Gasteiger partial charge in [0.2, 0.25) is 0 Å². The van der Waals surface area contributed by atoms with Gasteiger partial charge in [-0.25, -0.2) is 9.97 Å². The first kappa shape index (κ1) is 24.6. The Morgan fingerprint density at radius 3 is 2.00 bits per heavy atom. The van der Waals surface area contributed by atoms with Crippen molar-refractivity contribution in [3.8, 4) is 0 Å². The Kier molecular flexibility index (Phi) is 11.5. The molecule has 1 N–H and O–H groups in total. The van der Waals surface area contributed by atoms with Crippen LogP contribution in [-0.2, 0) is 9.47 Å². The summed E-state index contributed by atoms with van der Waals surface area (Å²) < 4.78 is 11.6. The van der Waals surface area contributed by atoms with Gasteiger partial charge in [0.05, 0.1) is 26.4 Å². The first-order valence-electron chi connectivity index (χ1n) is 9.49. The second-order valence-corrected chi connectivity index (χ2v) is 8.57. The number of hydrogen-bond acceptors (Lipinski definition) is 6. The fourth-order valence-corrected chi connectivity index (χ4v) is 3.97. The van der Waals surface area contributed by atoms with E-state index < -0.39 is 0 Å². The number of anilines is 1. The first-order valence-corrected chi connectivity index (χ1v) is 11.3. The summed E-state index contributed by atoms with van der Waals surface area (Å²) in [5.41, 5.74) is 1.92. The van der Waals surface area contributed by atoms with Crippen LogP contribution in [0.5, 0.6) is 0 Å². The lowest BCUT2D eigenvalue weighted by Crippen LogP contribution is -2.36. The van der Waals surface area contributed by atoms with Crippen molar-refractivity contribution in [1.29, 1.82) is 0 Å². The number of nitrogens with zero attached hydrogens (tertiary/aromatic N) is 3. The molecule has 0 radical (unpaired) electrons. The second-order valence-electron chi connectivity index (χ2n) is 6.50. The zero-order valence-corrected chi connectivity index (χ0v) is 20.4. The summed E-state index contributed by atoms with van der Waals surface area (Å²) in [7, 11) is 0. The van der Waals surface area contributed by atoms with Gasteiger partial charge in [-0.15, -0.1) is 0 Å². The zero-order valence-electron chi connectivity index (χ0n) is 16.8. The SMILES string of the molecule is C1COCCN1.Cc1cc(Cl)cc(Cl)n1.Cc1cc(I)cc(N2CCOCC2)n1. The molecule has 0 spiro atoms. The molecule has 0 aliphatic carbocycles. The second kappa shape index (κ2) is 13.6. The van der Waals surface area contributed by atoms with Crippen molar-refractivity contribution < 1.29 is 9.47 Å². The van der Waals surface area contributed by atoms with Gasteiger partial charge in [-0.05, 0) is 60.7 Å². The van der Waals surface area contributed by atoms with E-state index in [9.17, 15) is 0 Å². The molecule has 2 aromatic rings. The Bertz CT molecular complexity index is 675. The van der Waals surface area contributed by atoms with Gasteiger partial charge in [-0.1, -0.05) is 23.2 Å². The van der Waals surface area contributed by atoms with Crippen molar-refractivity contribution in [2.24, 2.45) is 0 Å². The molecule has 2 saturated heterocycles. The molecule has 29 heavy (non-hydrogen) atoms. The van der Waals surface area contributed by atoms with E-state index in [1.165, 1.54) is 3.57 Å². The molecule has 6 nitrogen and oxygen atoms in total. The van der Waals surface area contributed by atoms with Crippen molar-refractivity contribution in [2.45, 2.75) is 13.8 Å². The van der Waals surface area contributed by atoms with Crippen LogP contribution in [0.1, 0.15) is 11.4 Å². The van der Waals surface area contributed by atoms with Crippen molar-refractivity contribution >= 4 is 51.6 Å². The Balaban J connectivity index is 0.000000171. The van der Waals surface area contributed by atoms with Gasteiger partial charge in [-0.2, -0.15) is 0 Å². The third kappa shape index (κ3) is 10.2. The standard InChI is InChI=1S/C10H13IN2O.C6H5Cl2N.C4H9NO/c1-8-6-9(11)7-10(12-8)13-2-4-14-5-3-13;1-4-2-5(7)3-6(8)9-4;1-3-6-4-2-5-1/h6-7H,2-5H2,1H3;2-3H,1H3;5H,1-4H2. The van der Waals surface area contributed by atoms with Crippen molar-refractivity contribution in [1.82, 2.24) is 15.3 Å². The lowest BCUT2D eigenvalue weighted by Gasteiger charge is -2.28. The van der Waals surface area contributed by atoms with E-state index in [0.29, 0.717) is 10.2 Å². The molecule has 9 heteroatoms. The number of ether oxygens (including phenoxy) is 2. The molecule has 0 saturated carbocycles. The minimum Gasteiger partial charge on any atom is -0.379 e. The molecule has 0 aromatic carbocycles. The molecule has 2 aromatic heterocycles. The van der Waals surface area contributed by atoms with E-state index in [0.717, 1.165) is 69.8 Å². The summed E-state index contributed by atoms with van der Waals surface area (Å²) in [6, 6.07) is 7.58. The van der Waals surface area contributed by atoms with Crippen molar-refractivity contribution in [3.05, 3.63) is 49.4 Å². The largest absolute Gasteiger partial charge is 0.379 e. The third-order valence-corrected chi connectivity index (χ3v) is 5.01. The van der Waals surface area contributed by atoms with Crippen LogP contribution in [0.4, 0.5) is 5.82 Å². The Hall–Kier alpha value is -0.710. The summed E-state index contributed by atoms with van der Waals surface area (Å²) in [6.45, 7) is 11.2. The van der Waals surface area contributed by atoms with E-state index in [-0.39, 0.29) is 0 Å². The molecule has 160 valence electrons. The lowest BCUT2D eigenvalue weighted by molar-refractivity contribution is 0.109.